The quantitative estimate of drug-likeness (QED) is 0.0825. The van der Waals surface area contributed by atoms with E-state index in [0.717, 1.165) is 17.0 Å². The van der Waals surface area contributed by atoms with Gasteiger partial charge in [0.2, 0.25) is 13.6 Å². The Morgan fingerprint density at radius 1 is 0.860 bits per heavy atom. The molecule has 2 N–H and O–H groups in total. The van der Waals surface area contributed by atoms with Crippen LogP contribution in [0.5, 0.6) is 11.5 Å². The molecule has 1 saturated carbocycles. The first kappa shape index (κ1) is 34.1. The van der Waals surface area contributed by atoms with Gasteiger partial charge in [0.05, 0.1) is 24.7 Å². The minimum atomic E-state index is -0.774. The van der Waals surface area contributed by atoms with Crippen LogP contribution in [0, 0.1) is 11.8 Å². The van der Waals surface area contributed by atoms with E-state index in [9.17, 15) is 14.7 Å². The number of unbranched alkanes of at least 4 members (excludes halogenated alkanes) is 4. The van der Waals surface area contributed by atoms with Gasteiger partial charge in [0.25, 0.3) is 0 Å². The van der Waals surface area contributed by atoms with Gasteiger partial charge in [-0.3, -0.25) is 4.79 Å². The number of aliphatic hydroxyl groups is 2. The van der Waals surface area contributed by atoms with Gasteiger partial charge in [-0.25, -0.2) is 4.79 Å². The summed E-state index contributed by atoms with van der Waals surface area (Å²) in [5.41, 5.74) is 3.16. The number of aliphatic hydroxyl groups excluding tert-OH is 2. The van der Waals surface area contributed by atoms with Crippen molar-refractivity contribution in [2.24, 2.45) is 11.8 Å². The lowest BCUT2D eigenvalue weighted by molar-refractivity contribution is -0.156. The van der Waals surface area contributed by atoms with Crippen molar-refractivity contribution in [2.45, 2.75) is 84.0 Å². The van der Waals surface area contributed by atoms with Crippen molar-refractivity contribution in [2.75, 3.05) is 26.8 Å². The van der Waals surface area contributed by atoms with Crippen LogP contribution in [-0.2, 0) is 19.1 Å². The second-order valence-corrected chi connectivity index (χ2v) is 11.5. The highest BCUT2D eigenvalue weighted by atomic mass is 16.7. The molecule has 0 aromatic heterocycles. The van der Waals surface area contributed by atoms with Gasteiger partial charge in [0.15, 0.2) is 11.5 Å². The molecule has 1 unspecified atom stereocenters. The number of esters is 2. The molecule has 236 valence electrons. The predicted octanol–water partition coefficient (Wildman–Crippen LogP) is 6.92. The minimum absolute atomic E-state index is 0.0883. The number of ether oxygens (including phenoxy) is 4. The van der Waals surface area contributed by atoms with Crippen molar-refractivity contribution in [3.8, 4) is 22.6 Å². The van der Waals surface area contributed by atoms with Crippen molar-refractivity contribution in [1.29, 1.82) is 0 Å². The van der Waals surface area contributed by atoms with Gasteiger partial charge in [-0.15, -0.1) is 0 Å². The summed E-state index contributed by atoms with van der Waals surface area (Å²) in [5, 5.41) is 18.2. The van der Waals surface area contributed by atoms with Gasteiger partial charge in [-0.2, -0.15) is 0 Å². The van der Waals surface area contributed by atoms with Crippen LogP contribution in [0.25, 0.3) is 11.1 Å². The summed E-state index contributed by atoms with van der Waals surface area (Å²) in [6, 6.07) is 14.0. The number of benzene rings is 2. The maximum Gasteiger partial charge on any atom is 0.338 e. The highest BCUT2D eigenvalue weighted by Gasteiger charge is 2.22. The molecule has 1 aliphatic rings. The summed E-state index contributed by atoms with van der Waals surface area (Å²) in [6.45, 7) is 5.59. The average Bonchev–Trinajstić information content (AvgIpc) is 3.04. The lowest BCUT2D eigenvalue weighted by atomic mass is 9.77. The van der Waals surface area contributed by atoms with Crippen LogP contribution < -0.4 is 9.47 Å². The van der Waals surface area contributed by atoms with Crippen LogP contribution in [-0.4, -0.2) is 49.0 Å². The Morgan fingerprint density at radius 3 is 2.19 bits per heavy atom. The molecule has 0 saturated heterocycles. The molecule has 0 amide bonds. The number of carbonyl (C=O) groups excluding carboxylic acids is 2. The molecule has 1 atom stereocenters. The van der Waals surface area contributed by atoms with Crippen LogP contribution in [0.4, 0.5) is 0 Å². The number of hydrogen-bond donors (Lipinski definition) is 2. The van der Waals surface area contributed by atoms with Crippen molar-refractivity contribution in [3.05, 3.63) is 60.2 Å². The highest BCUT2D eigenvalue weighted by molar-refractivity contribution is 5.87. The van der Waals surface area contributed by atoms with Crippen molar-refractivity contribution < 1.29 is 38.7 Å². The second kappa shape index (κ2) is 18.3. The summed E-state index contributed by atoms with van der Waals surface area (Å²) in [7, 11) is 0. The molecule has 1 aliphatic carbocycles. The minimum Gasteiger partial charge on any atom is -0.453 e. The summed E-state index contributed by atoms with van der Waals surface area (Å²) in [6.07, 6.45) is 13.3. The van der Waals surface area contributed by atoms with Gasteiger partial charge >= 0.3 is 11.9 Å². The van der Waals surface area contributed by atoms with Crippen LogP contribution in [0.1, 0.15) is 89.5 Å². The van der Waals surface area contributed by atoms with Crippen LogP contribution >= 0.6 is 0 Å². The Hall–Kier alpha value is -3.36. The molecular weight excluding hydrogens is 548 g/mol. The van der Waals surface area contributed by atoms with E-state index in [2.05, 4.69) is 37.8 Å². The first-order valence-electron chi connectivity index (χ1n) is 15.6. The molecule has 3 rings (SSSR count). The normalized spacial score (nSPS) is 17.1. The summed E-state index contributed by atoms with van der Waals surface area (Å²) < 4.78 is 21.4. The third-order valence-corrected chi connectivity index (χ3v) is 8.20. The monoisotopic (exact) mass is 596 g/mol. The molecule has 2 aromatic carbocycles. The third kappa shape index (κ3) is 11.0. The van der Waals surface area contributed by atoms with Crippen LogP contribution in [0.2, 0.25) is 0 Å². The predicted molar refractivity (Wildman–Crippen MR) is 166 cm³/mol. The van der Waals surface area contributed by atoms with Crippen LogP contribution in [0.3, 0.4) is 0 Å². The fourth-order valence-electron chi connectivity index (χ4n) is 5.37. The number of rotatable bonds is 18. The fraction of sp³-hybridized carbons (Fsp3) is 0.543. The van der Waals surface area contributed by atoms with Crippen molar-refractivity contribution in [3.63, 3.8) is 0 Å². The molecular formula is C35H48O8. The lowest BCUT2D eigenvalue weighted by Crippen LogP contribution is -2.20. The summed E-state index contributed by atoms with van der Waals surface area (Å²) in [4.78, 5) is 23.7. The van der Waals surface area contributed by atoms with E-state index in [1.54, 1.807) is 19.1 Å². The molecule has 0 aliphatic heterocycles. The SMILES string of the molecule is C=C(CO)C(=O)OCOc1ccc(-c2ccc(C3CCC(CCCCCCC)CC3)cc2)cc1OCOC(=O)C(C)CO. The van der Waals surface area contributed by atoms with E-state index in [1.165, 1.54) is 69.8 Å². The maximum absolute atomic E-state index is 12.0. The molecule has 0 spiro atoms. The topological polar surface area (TPSA) is 112 Å². The van der Waals surface area contributed by atoms with Crippen LogP contribution in [0.15, 0.2) is 54.6 Å². The molecule has 0 heterocycles. The van der Waals surface area contributed by atoms with E-state index in [4.69, 9.17) is 24.1 Å². The highest BCUT2D eigenvalue weighted by Crippen LogP contribution is 2.39. The fourth-order valence-corrected chi connectivity index (χ4v) is 5.37. The van der Waals surface area contributed by atoms with E-state index < -0.39 is 31.3 Å². The molecule has 1 fully saturated rings. The third-order valence-electron chi connectivity index (χ3n) is 8.20. The lowest BCUT2D eigenvalue weighted by Gasteiger charge is -2.29. The smallest absolute Gasteiger partial charge is 0.338 e. The maximum atomic E-state index is 12.0. The summed E-state index contributed by atoms with van der Waals surface area (Å²) in [5.74, 6) is -0.000151. The van der Waals surface area contributed by atoms with Crippen molar-refractivity contribution in [1.82, 2.24) is 0 Å². The van der Waals surface area contributed by atoms with Gasteiger partial charge in [0, 0.05) is 0 Å². The Bertz CT molecular complexity index is 1150. The molecule has 8 heteroatoms. The number of carbonyl (C=O) groups is 2. The van der Waals surface area contributed by atoms with E-state index in [-0.39, 0.29) is 30.5 Å². The Labute approximate surface area is 256 Å². The van der Waals surface area contributed by atoms with E-state index >= 15 is 0 Å². The first-order valence-corrected chi connectivity index (χ1v) is 15.6. The second-order valence-electron chi connectivity index (χ2n) is 11.5. The molecule has 0 bridgehead atoms. The molecule has 43 heavy (non-hydrogen) atoms. The number of hydrogen-bond acceptors (Lipinski definition) is 8. The Morgan fingerprint density at radius 2 is 1.51 bits per heavy atom. The standard InChI is InChI=1S/C35H48O8/c1-4-5-6-7-8-9-27-10-12-28(13-11-27)29-14-16-30(17-15-29)31-18-19-32(40-23-42-34(38)25(2)21-36)33(20-31)41-24-43-35(39)26(3)22-37/h14-20,26-28,36-37H,2,4-13,21-24H2,1,3H3. The zero-order valence-corrected chi connectivity index (χ0v) is 25.7. The zero-order chi connectivity index (χ0) is 31.0. The average molecular weight is 597 g/mol. The zero-order valence-electron chi connectivity index (χ0n) is 25.7. The van der Waals surface area contributed by atoms with Gasteiger partial charge < -0.3 is 29.2 Å². The molecule has 0 radical (unpaired) electrons. The Balaban J connectivity index is 1.62. The van der Waals surface area contributed by atoms with Gasteiger partial charge in [0.1, 0.15) is 0 Å². The molecule has 2 aromatic rings. The Kier molecular flexibility index (Phi) is 14.6. The van der Waals surface area contributed by atoms with Crippen molar-refractivity contribution >= 4 is 11.9 Å². The molecule has 8 nitrogen and oxygen atoms in total. The van der Waals surface area contributed by atoms with E-state index in [0.29, 0.717) is 5.92 Å². The van der Waals surface area contributed by atoms with Gasteiger partial charge in [-0.1, -0.05) is 82.4 Å². The largest absolute Gasteiger partial charge is 0.453 e. The van der Waals surface area contributed by atoms with E-state index in [1.807, 2.05) is 6.07 Å². The van der Waals surface area contributed by atoms with Gasteiger partial charge in [-0.05, 0) is 73.3 Å². The first-order chi connectivity index (χ1) is 20.9. The summed E-state index contributed by atoms with van der Waals surface area (Å²) >= 11 is 0.